The smallest absolute Gasteiger partial charge is 0.148 e. The molecule has 46 valence electrons. The van der Waals surface area contributed by atoms with Gasteiger partial charge in [0.15, 0.2) is 0 Å². The molecule has 0 bridgehead atoms. The molecule has 2 heteroatoms. The van der Waals surface area contributed by atoms with Crippen molar-refractivity contribution in [3.63, 3.8) is 0 Å². The largest absolute Gasteiger partial charge is 0.386 e. The van der Waals surface area contributed by atoms with Gasteiger partial charge in [0.1, 0.15) is 12.4 Å². The second kappa shape index (κ2) is 2.27. The maximum atomic E-state index is 9.82. The summed E-state index contributed by atoms with van der Waals surface area (Å²) < 4.78 is 0. The van der Waals surface area contributed by atoms with Gasteiger partial charge in [-0.05, 0) is 12.3 Å². The Morgan fingerprint density at radius 3 is 2.75 bits per heavy atom. The molecular weight excluding hydrogens is 104 g/mol. The molecule has 0 aliphatic heterocycles. The Morgan fingerprint density at radius 1 is 1.75 bits per heavy atom. The zero-order valence-electron chi connectivity index (χ0n) is 4.71. The predicted molar refractivity (Wildman–Crippen MR) is 29.4 cm³/mol. The molecule has 0 aromatic carbocycles. The van der Waals surface area contributed by atoms with E-state index in [0.29, 0.717) is 18.6 Å². The predicted octanol–water partition coefficient (Wildman–Crippen LogP) is 0.346. The molecule has 1 aliphatic carbocycles. The molecule has 0 aromatic heterocycles. The van der Waals surface area contributed by atoms with E-state index >= 15 is 0 Å². The fraction of sp³-hybridized carbons (Fsp3) is 0.833. The Bertz CT molecular complexity index is 86.5. The van der Waals surface area contributed by atoms with E-state index in [9.17, 15) is 4.79 Å². The number of rotatable bonds is 3. The van der Waals surface area contributed by atoms with Crippen molar-refractivity contribution in [1.29, 1.82) is 0 Å². The van der Waals surface area contributed by atoms with Crippen LogP contribution in [0.3, 0.4) is 0 Å². The van der Waals surface area contributed by atoms with Crippen LogP contribution in [0.4, 0.5) is 0 Å². The lowest BCUT2D eigenvalue weighted by molar-refractivity contribution is -0.115. The lowest BCUT2D eigenvalue weighted by atomic mass is 10.2. The summed E-state index contributed by atoms with van der Waals surface area (Å²) in [5, 5.41) is 8.70. The van der Waals surface area contributed by atoms with Crippen LogP contribution < -0.4 is 0 Å². The van der Waals surface area contributed by atoms with Gasteiger partial charge >= 0.3 is 0 Å². The average Bonchev–Trinajstić information content (AvgIpc) is 2.50. The fourth-order valence-corrected chi connectivity index (χ4v) is 0.751. The first-order valence-electron chi connectivity index (χ1n) is 2.96. The quantitative estimate of drug-likeness (QED) is 0.537. The molecule has 1 atom stereocenters. The molecule has 1 aliphatic rings. The van der Waals surface area contributed by atoms with Crippen LogP contribution >= 0.6 is 0 Å². The summed E-state index contributed by atoms with van der Waals surface area (Å²) >= 11 is 0. The number of aliphatic hydroxyl groups excluding tert-OH is 1. The molecule has 2 nitrogen and oxygen atoms in total. The third-order valence-electron chi connectivity index (χ3n) is 1.43. The SMILES string of the molecule is O=C[C@H](O)CC1CC1. The van der Waals surface area contributed by atoms with E-state index < -0.39 is 6.10 Å². The number of carbonyl (C=O) groups is 1. The molecule has 1 N–H and O–H groups in total. The zero-order chi connectivity index (χ0) is 5.98. The molecular formula is C6H10O2. The third-order valence-corrected chi connectivity index (χ3v) is 1.43. The van der Waals surface area contributed by atoms with E-state index in [-0.39, 0.29) is 0 Å². The zero-order valence-corrected chi connectivity index (χ0v) is 4.71. The average molecular weight is 114 g/mol. The Morgan fingerprint density at radius 2 is 2.38 bits per heavy atom. The first-order chi connectivity index (χ1) is 3.83. The molecule has 0 amide bonds. The van der Waals surface area contributed by atoms with Crippen LogP contribution in [0, 0.1) is 5.92 Å². The molecule has 0 aromatic rings. The summed E-state index contributed by atoms with van der Waals surface area (Å²) in [6.07, 6.45) is 3.00. The van der Waals surface area contributed by atoms with Crippen molar-refractivity contribution in [3.8, 4) is 0 Å². The highest BCUT2D eigenvalue weighted by molar-refractivity contribution is 5.55. The van der Waals surface area contributed by atoms with Gasteiger partial charge in [0, 0.05) is 0 Å². The summed E-state index contributed by atoms with van der Waals surface area (Å²) in [6.45, 7) is 0. The van der Waals surface area contributed by atoms with E-state index in [1.165, 1.54) is 12.8 Å². The first kappa shape index (κ1) is 5.76. The number of aliphatic hydroxyl groups is 1. The second-order valence-electron chi connectivity index (χ2n) is 2.38. The van der Waals surface area contributed by atoms with Crippen LogP contribution in [0.1, 0.15) is 19.3 Å². The highest BCUT2D eigenvalue weighted by Crippen LogP contribution is 2.32. The van der Waals surface area contributed by atoms with Crippen molar-refractivity contribution in [3.05, 3.63) is 0 Å². The van der Waals surface area contributed by atoms with Gasteiger partial charge in [-0.1, -0.05) is 12.8 Å². The van der Waals surface area contributed by atoms with Crippen LogP contribution in [0.5, 0.6) is 0 Å². The van der Waals surface area contributed by atoms with Gasteiger partial charge in [-0.3, -0.25) is 0 Å². The van der Waals surface area contributed by atoms with Crippen molar-refractivity contribution >= 4 is 6.29 Å². The molecule has 0 unspecified atom stereocenters. The van der Waals surface area contributed by atoms with Gasteiger partial charge in [-0.25, -0.2) is 0 Å². The second-order valence-corrected chi connectivity index (χ2v) is 2.38. The van der Waals surface area contributed by atoms with E-state index in [1.54, 1.807) is 0 Å². The summed E-state index contributed by atoms with van der Waals surface area (Å²) in [5.41, 5.74) is 0. The molecule has 0 spiro atoms. The summed E-state index contributed by atoms with van der Waals surface area (Å²) in [4.78, 5) is 9.82. The molecule has 8 heavy (non-hydrogen) atoms. The number of aldehydes is 1. The Kier molecular flexibility index (Phi) is 1.63. The number of hydrogen-bond donors (Lipinski definition) is 1. The lowest BCUT2D eigenvalue weighted by Gasteiger charge is -1.96. The molecule has 0 heterocycles. The van der Waals surface area contributed by atoms with Crippen LogP contribution in [-0.2, 0) is 4.79 Å². The first-order valence-corrected chi connectivity index (χ1v) is 2.96. The third kappa shape index (κ3) is 1.62. The molecule has 0 radical (unpaired) electrons. The Balaban J connectivity index is 2.06. The van der Waals surface area contributed by atoms with Crippen LogP contribution in [-0.4, -0.2) is 17.5 Å². The van der Waals surface area contributed by atoms with E-state index in [4.69, 9.17) is 5.11 Å². The molecule has 0 saturated heterocycles. The van der Waals surface area contributed by atoms with Gasteiger partial charge < -0.3 is 9.90 Å². The summed E-state index contributed by atoms with van der Waals surface area (Å²) in [6, 6.07) is 0. The van der Waals surface area contributed by atoms with Crippen LogP contribution in [0.25, 0.3) is 0 Å². The summed E-state index contributed by atoms with van der Waals surface area (Å²) in [7, 11) is 0. The minimum atomic E-state index is -0.692. The van der Waals surface area contributed by atoms with Gasteiger partial charge in [-0.2, -0.15) is 0 Å². The van der Waals surface area contributed by atoms with Gasteiger partial charge in [0.05, 0.1) is 0 Å². The Hall–Kier alpha value is -0.370. The molecule has 1 fully saturated rings. The highest BCUT2D eigenvalue weighted by atomic mass is 16.3. The summed E-state index contributed by atoms with van der Waals surface area (Å²) in [5.74, 6) is 0.648. The van der Waals surface area contributed by atoms with Crippen LogP contribution in [0.15, 0.2) is 0 Å². The number of carbonyl (C=O) groups excluding carboxylic acids is 1. The van der Waals surface area contributed by atoms with Crippen molar-refractivity contribution in [2.24, 2.45) is 5.92 Å². The Labute approximate surface area is 48.5 Å². The minimum Gasteiger partial charge on any atom is -0.386 e. The molecule has 1 rings (SSSR count). The highest BCUT2D eigenvalue weighted by Gasteiger charge is 2.23. The minimum absolute atomic E-state index is 0.609. The van der Waals surface area contributed by atoms with Crippen LogP contribution in [0.2, 0.25) is 0 Å². The van der Waals surface area contributed by atoms with Gasteiger partial charge in [0.2, 0.25) is 0 Å². The topological polar surface area (TPSA) is 37.3 Å². The monoisotopic (exact) mass is 114 g/mol. The normalized spacial score (nSPS) is 22.6. The lowest BCUT2D eigenvalue weighted by Crippen LogP contribution is -2.07. The van der Waals surface area contributed by atoms with E-state index in [0.717, 1.165) is 0 Å². The van der Waals surface area contributed by atoms with E-state index in [1.807, 2.05) is 0 Å². The maximum Gasteiger partial charge on any atom is 0.148 e. The standard InChI is InChI=1S/C6H10O2/c7-4-6(8)3-5-1-2-5/h4-6,8H,1-3H2/t6-/m1/s1. The van der Waals surface area contributed by atoms with Crippen molar-refractivity contribution in [2.45, 2.75) is 25.4 Å². The van der Waals surface area contributed by atoms with Crippen molar-refractivity contribution in [2.75, 3.05) is 0 Å². The maximum absolute atomic E-state index is 9.82. The fourth-order valence-electron chi connectivity index (χ4n) is 0.751. The molecule has 1 saturated carbocycles. The van der Waals surface area contributed by atoms with Crippen molar-refractivity contribution < 1.29 is 9.90 Å². The van der Waals surface area contributed by atoms with Gasteiger partial charge in [-0.15, -0.1) is 0 Å². The van der Waals surface area contributed by atoms with E-state index in [2.05, 4.69) is 0 Å². The van der Waals surface area contributed by atoms with Crippen molar-refractivity contribution in [1.82, 2.24) is 0 Å². The number of hydrogen-bond acceptors (Lipinski definition) is 2. The van der Waals surface area contributed by atoms with Gasteiger partial charge in [0.25, 0.3) is 0 Å².